The van der Waals surface area contributed by atoms with Gasteiger partial charge < -0.3 is 29.9 Å². The second kappa shape index (κ2) is 8.86. The van der Waals surface area contributed by atoms with E-state index in [4.69, 9.17) is 14.5 Å². The number of hydrogen-bond donors (Lipinski definition) is 2. The standard InChI is InChI=1S/C23H30N6O4/c1-23(2)13-29(15-8-9-33-12-15)19-17(28(4)21(23)31)11-25-22(27-19)26-16-7-6-14(20(30)24-3)10-18(16)32-5/h6-7,10-11,15H,8-9,12-13H2,1-5H3,(H,24,30)(H,25,26,27)/t15-/m0/s1. The van der Waals surface area contributed by atoms with Gasteiger partial charge in [-0.25, -0.2) is 4.98 Å². The van der Waals surface area contributed by atoms with Crippen LogP contribution in [0.3, 0.4) is 0 Å². The average Bonchev–Trinajstić information content (AvgIpc) is 3.34. The van der Waals surface area contributed by atoms with Gasteiger partial charge in [0.15, 0.2) is 5.82 Å². The summed E-state index contributed by atoms with van der Waals surface area (Å²) in [4.78, 5) is 38.1. The predicted octanol–water partition coefficient (Wildman–Crippen LogP) is 2.19. The lowest BCUT2D eigenvalue weighted by molar-refractivity contribution is -0.125. The Bertz CT molecular complexity index is 1070. The lowest BCUT2D eigenvalue weighted by Gasteiger charge is -2.33. The molecule has 3 heterocycles. The Morgan fingerprint density at radius 2 is 2.12 bits per heavy atom. The molecule has 0 spiro atoms. The van der Waals surface area contributed by atoms with Crippen LogP contribution >= 0.6 is 0 Å². The van der Waals surface area contributed by atoms with Gasteiger partial charge in [-0.05, 0) is 38.5 Å². The number of benzene rings is 1. The van der Waals surface area contributed by atoms with E-state index in [0.29, 0.717) is 54.2 Å². The summed E-state index contributed by atoms with van der Waals surface area (Å²) in [6.45, 7) is 5.70. The highest BCUT2D eigenvalue weighted by atomic mass is 16.5. The molecule has 10 nitrogen and oxygen atoms in total. The van der Waals surface area contributed by atoms with Crippen LogP contribution < -0.4 is 25.2 Å². The average molecular weight is 455 g/mol. The van der Waals surface area contributed by atoms with Crippen molar-refractivity contribution in [3.8, 4) is 5.75 Å². The zero-order valence-electron chi connectivity index (χ0n) is 19.6. The van der Waals surface area contributed by atoms with Gasteiger partial charge in [-0.1, -0.05) is 0 Å². The number of methoxy groups -OCH3 is 1. The van der Waals surface area contributed by atoms with Gasteiger partial charge in [0, 0.05) is 32.8 Å². The summed E-state index contributed by atoms with van der Waals surface area (Å²) in [5.74, 6) is 1.35. The highest BCUT2D eigenvalue weighted by molar-refractivity contribution is 6.01. The summed E-state index contributed by atoms with van der Waals surface area (Å²) in [5, 5.41) is 5.80. The second-order valence-electron chi connectivity index (χ2n) is 8.92. The summed E-state index contributed by atoms with van der Waals surface area (Å²) >= 11 is 0. The molecule has 176 valence electrons. The molecule has 1 atom stereocenters. The van der Waals surface area contributed by atoms with E-state index in [0.717, 1.165) is 6.42 Å². The first kappa shape index (κ1) is 22.8. The van der Waals surface area contributed by atoms with Gasteiger partial charge in [0.05, 0.1) is 37.1 Å². The van der Waals surface area contributed by atoms with Crippen LogP contribution in [0.25, 0.3) is 0 Å². The van der Waals surface area contributed by atoms with Crippen LogP contribution in [0.1, 0.15) is 30.6 Å². The molecular formula is C23H30N6O4. The molecule has 1 saturated heterocycles. The number of nitrogens with one attached hydrogen (secondary N) is 2. The molecule has 2 amide bonds. The lowest BCUT2D eigenvalue weighted by Crippen LogP contribution is -2.46. The largest absolute Gasteiger partial charge is 0.495 e. The van der Waals surface area contributed by atoms with Crippen LogP contribution in [0, 0.1) is 5.41 Å². The molecule has 2 aliphatic heterocycles. The number of amides is 2. The fourth-order valence-corrected chi connectivity index (χ4v) is 4.28. The van der Waals surface area contributed by atoms with E-state index in [2.05, 4.69) is 20.5 Å². The van der Waals surface area contributed by atoms with Crippen molar-refractivity contribution in [2.24, 2.45) is 5.41 Å². The van der Waals surface area contributed by atoms with Crippen molar-refractivity contribution >= 4 is 35.0 Å². The number of carbonyl (C=O) groups is 2. The summed E-state index contributed by atoms with van der Waals surface area (Å²) in [6, 6.07) is 5.23. The summed E-state index contributed by atoms with van der Waals surface area (Å²) < 4.78 is 11.1. The van der Waals surface area contributed by atoms with Gasteiger partial charge in [0.1, 0.15) is 11.4 Å². The van der Waals surface area contributed by atoms with Crippen LogP contribution in [0.15, 0.2) is 24.4 Å². The molecular weight excluding hydrogens is 424 g/mol. The van der Waals surface area contributed by atoms with E-state index in [1.165, 1.54) is 7.11 Å². The predicted molar refractivity (Wildman–Crippen MR) is 125 cm³/mol. The third-order valence-corrected chi connectivity index (χ3v) is 6.12. The van der Waals surface area contributed by atoms with Crippen LogP contribution in [0.2, 0.25) is 0 Å². The van der Waals surface area contributed by atoms with E-state index in [9.17, 15) is 9.59 Å². The van der Waals surface area contributed by atoms with Gasteiger partial charge >= 0.3 is 0 Å². The number of anilines is 4. The Morgan fingerprint density at radius 3 is 2.79 bits per heavy atom. The highest BCUT2D eigenvalue weighted by Crippen LogP contribution is 2.39. The van der Waals surface area contributed by atoms with Crippen molar-refractivity contribution in [2.75, 3.05) is 56.1 Å². The summed E-state index contributed by atoms with van der Waals surface area (Å²) in [7, 11) is 4.87. The molecule has 0 bridgehead atoms. The SMILES string of the molecule is CNC(=O)c1ccc(Nc2ncc3c(n2)N([C@H]2CCOC2)CC(C)(C)C(=O)N3C)c(OC)c1. The maximum absolute atomic E-state index is 13.1. The molecule has 2 aliphatic rings. The molecule has 4 rings (SSSR count). The van der Waals surface area contributed by atoms with E-state index in [1.54, 1.807) is 43.4 Å². The normalized spacial score (nSPS) is 19.7. The third-order valence-electron chi connectivity index (χ3n) is 6.12. The maximum Gasteiger partial charge on any atom is 0.251 e. The molecule has 0 unspecified atom stereocenters. The van der Waals surface area contributed by atoms with E-state index < -0.39 is 5.41 Å². The zero-order chi connectivity index (χ0) is 23.8. The van der Waals surface area contributed by atoms with Crippen LogP contribution in [-0.2, 0) is 9.53 Å². The lowest BCUT2D eigenvalue weighted by atomic mass is 9.91. The van der Waals surface area contributed by atoms with Gasteiger partial charge in [-0.15, -0.1) is 0 Å². The number of nitrogens with zero attached hydrogens (tertiary/aromatic N) is 4. The molecule has 1 aromatic heterocycles. The summed E-state index contributed by atoms with van der Waals surface area (Å²) in [6.07, 6.45) is 2.53. The third kappa shape index (κ3) is 4.30. The highest BCUT2D eigenvalue weighted by Gasteiger charge is 2.41. The minimum absolute atomic E-state index is 0.0148. The Kier molecular flexibility index (Phi) is 6.11. The minimum Gasteiger partial charge on any atom is -0.495 e. The van der Waals surface area contributed by atoms with Crippen molar-refractivity contribution in [2.45, 2.75) is 26.3 Å². The smallest absolute Gasteiger partial charge is 0.251 e. The second-order valence-corrected chi connectivity index (χ2v) is 8.92. The van der Waals surface area contributed by atoms with Crippen molar-refractivity contribution in [1.29, 1.82) is 0 Å². The Hall–Kier alpha value is -3.40. The number of hydrogen-bond acceptors (Lipinski definition) is 8. The van der Waals surface area contributed by atoms with Crippen molar-refractivity contribution in [3.63, 3.8) is 0 Å². The maximum atomic E-state index is 13.1. The van der Waals surface area contributed by atoms with Crippen LogP contribution in [0.4, 0.5) is 23.1 Å². The molecule has 1 fully saturated rings. The minimum atomic E-state index is -0.593. The number of fused-ring (bicyclic) bond motifs is 1. The quantitative estimate of drug-likeness (QED) is 0.708. The summed E-state index contributed by atoms with van der Waals surface area (Å²) in [5.41, 5.74) is 1.17. The number of carbonyl (C=O) groups excluding carboxylic acids is 2. The monoisotopic (exact) mass is 454 g/mol. The molecule has 0 saturated carbocycles. The van der Waals surface area contributed by atoms with Crippen molar-refractivity contribution in [1.82, 2.24) is 15.3 Å². The molecule has 0 radical (unpaired) electrons. The Morgan fingerprint density at radius 1 is 1.33 bits per heavy atom. The van der Waals surface area contributed by atoms with Crippen LogP contribution in [-0.4, -0.2) is 68.8 Å². The number of ether oxygens (including phenoxy) is 2. The molecule has 10 heteroatoms. The molecule has 2 aromatic rings. The molecule has 1 aromatic carbocycles. The molecule has 33 heavy (non-hydrogen) atoms. The zero-order valence-corrected chi connectivity index (χ0v) is 19.6. The van der Waals surface area contributed by atoms with Gasteiger partial charge in [0.2, 0.25) is 11.9 Å². The number of aromatic nitrogens is 2. The van der Waals surface area contributed by atoms with Crippen molar-refractivity contribution < 1.29 is 19.1 Å². The van der Waals surface area contributed by atoms with Gasteiger partial charge in [0.25, 0.3) is 5.91 Å². The Labute approximate surface area is 193 Å². The van der Waals surface area contributed by atoms with Crippen LogP contribution in [0.5, 0.6) is 5.75 Å². The van der Waals surface area contributed by atoms with E-state index in [1.807, 2.05) is 13.8 Å². The fourth-order valence-electron chi connectivity index (χ4n) is 4.28. The molecule has 0 aliphatic carbocycles. The van der Waals surface area contributed by atoms with Gasteiger partial charge in [-0.2, -0.15) is 4.98 Å². The Balaban J connectivity index is 1.72. The first-order valence-electron chi connectivity index (χ1n) is 10.9. The molecule has 2 N–H and O–H groups in total. The van der Waals surface area contributed by atoms with Crippen molar-refractivity contribution in [3.05, 3.63) is 30.0 Å². The number of rotatable bonds is 5. The fraction of sp³-hybridized carbons (Fsp3) is 0.478. The van der Waals surface area contributed by atoms with E-state index >= 15 is 0 Å². The van der Waals surface area contributed by atoms with E-state index in [-0.39, 0.29) is 17.9 Å². The first-order valence-corrected chi connectivity index (χ1v) is 10.9. The van der Waals surface area contributed by atoms with Gasteiger partial charge in [-0.3, -0.25) is 9.59 Å². The topological polar surface area (TPSA) is 109 Å². The first-order chi connectivity index (χ1) is 15.7.